The van der Waals surface area contributed by atoms with Crippen LogP contribution in [0, 0.1) is 13.8 Å². The van der Waals surface area contributed by atoms with Crippen LogP contribution in [0.4, 0.5) is 17.1 Å². The predicted octanol–water partition coefficient (Wildman–Crippen LogP) is 15.8. The van der Waals surface area contributed by atoms with Gasteiger partial charge in [-0.25, -0.2) is 35.6 Å². The second-order valence-corrected chi connectivity index (χ2v) is 35.4. The molecule has 132 heavy (non-hydrogen) atoms. The lowest BCUT2D eigenvalue weighted by Crippen LogP contribution is -2.29. The van der Waals surface area contributed by atoms with Crippen LogP contribution in [0.15, 0.2) is 199 Å². The minimum atomic E-state index is -5.21. The van der Waals surface area contributed by atoms with E-state index in [9.17, 15) is 58.9 Å². The van der Waals surface area contributed by atoms with Gasteiger partial charge in [-0.05, 0) is 208 Å². The molecule has 1 aliphatic heterocycles. The van der Waals surface area contributed by atoms with Gasteiger partial charge in [-0.15, -0.1) is 0 Å². The maximum atomic E-state index is 13.5. The average molecular weight is 1880 g/mol. The molecule has 0 saturated carbocycles. The quantitative estimate of drug-likeness (QED) is 0.00606. The molecule has 1 unspecified atom stereocenters. The number of hydrogen-bond acceptors (Lipinski definition) is 23. The van der Waals surface area contributed by atoms with E-state index in [4.69, 9.17) is 49.2 Å². The summed E-state index contributed by atoms with van der Waals surface area (Å²) in [6, 6.07) is 51.1. The molecule has 1 atom stereocenters. The van der Waals surface area contributed by atoms with E-state index in [0.717, 1.165) is 101 Å². The maximum absolute atomic E-state index is 13.5. The lowest BCUT2D eigenvalue weighted by Gasteiger charge is -2.23. The zero-order valence-electron chi connectivity index (χ0n) is 75.3. The lowest BCUT2D eigenvalue weighted by molar-refractivity contribution is -0.123. The number of halogens is 1. The highest BCUT2D eigenvalue weighted by Gasteiger charge is 2.28. The number of benzene rings is 8. The molecule has 0 fully saturated rings. The van der Waals surface area contributed by atoms with Crippen molar-refractivity contribution in [3.8, 4) is 45.1 Å². The Labute approximate surface area is 778 Å². The van der Waals surface area contributed by atoms with Crippen molar-refractivity contribution in [2.45, 2.75) is 143 Å². The summed E-state index contributed by atoms with van der Waals surface area (Å²) in [5.74, 6) is 0.544. The van der Waals surface area contributed by atoms with Crippen LogP contribution in [-0.2, 0) is 77.6 Å². The zero-order valence-corrected chi connectivity index (χ0v) is 78.5. The summed E-state index contributed by atoms with van der Waals surface area (Å²) in [6.07, 6.45) is 4.19. The fourth-order valence-electron chi connectivity index (χ4n) is 15.6. The molecule has 4 heterocycles. The van der Waals surface area contributed by atoms with Crippen LogP contribution in [0.25, 0.3) is 72.2 Å². The van der Waals surface area contributed by atoms with Crippen molar-refractivity contribution in [1.82, 2.24) is 29.0 Å². The second-order valence-electron chi connectivity index (χ2n) is 31.2. The third-order valence-corrected chi connectivity index (χ3v) is 25.6. The molecule has 7 aromatic carbocycles. The van der Waals surface area contributed by atoms with Crippen molar-refractivity contribution in [1.29, 1.82) is 0 Å². The number of ether oxygens (including phenoxy) is 5. The molecule has 1 aliphatic carbocycles. The smallest absolute Gasteiger partial charge is 0.347 e. The van der Waals surface area contributed by atoms with Crippen molar-refractivity contribution >= 4 is 122 Å². The topological polar surface area (TPSA) is 375 Å². The Hall–Kier alpha value is -11.4. The van der Waals surface area contributed by atoms with Gasteiger partial charge in [0.05, 0.1) is 98.4 Å². The fraction of sp³-hybridized carbons (Fsp3) is 0.374. The third kappa shape index (κ3) is 27.4. The Bertz CT molecular complexity index is 6360. The minimum absolute atomic E-state index is 0. The fourth-order valence-corrected chi connectivity index (χ4v) is 17.9. The third-order valence-electron chi connectivity index (χ3n) is 22.6. The number of amides is 1. The Morgan fingerprint density at radius 1 is 0.606 bits per heavy atom. The molecule has 29 nitrogen and oxygen atoms in total. The van der Waals surface area contributed by atoms with Gasteiger partial charge in [-0.3, -0.25) is 32.7 Å². The molecule has 33 heteroatoms. The number of fused-ring (bicyclic) bond motifs is 4. The first-order valence-corrected chi connectivity index (χ1v) is 48.4. The zero-order chi connectivity index (χ0) is 93.9. The summed E-state index contributed by atoms with van der Waals surface area (Å²) in [6.45, 7) is 22.7. The number of carbonyl (C=O) groups is 5. The van der Waals surface area contributed by atoms with Crippen molar-refractivity contribution < 1.29 is 86.6 Å². The van der Waals surface area contributed by atoms with Gasteiger partial charge in [0.1, 0.15) is 63.0 Å². The van der Waals surface area contributed by atoms with Gasteiger partial charge >= 0.3 is 5.63 Å². The van der Waals surface area contributed by atoms with Gasteiger partial charge in [-0.2, -0.15) is 5.10 Å². The number of nitrogens with one attached hydrogen (secondary N) is 3. The molecule has 0 radical (unpaired) electrons. The molecule has 0 saturated heterocycles. The van der Waals surface area contributed by atoms with E-state index in [0.29, 0.717) is 124 Å². The first-order chi connectivity index (χ1) is 63.1. The van der Waals surface area contributed by atoms with Crippen LogP contribution in [0.3, 0.4) is 0 Å². The van der Waals surface area contributed by atoms with Crippen molar-refractivity contribution in [2.24, 2.45) is 0 Å². The number of aromatic nitrogens is 3. The summed E-state index contributed by atoms with van der Waals surface area (Å²) in [5, 5.41) is 11.1. The van der Waals surface area contributed by atoms with E-state index in [1.165, 1.54) is 12.1 Å². The maximum Gasteiger partial charge on any atom is 0.347 e. The highest BCUT2D eigenvalue weighted by molar-refractivity contribution is 7.89. The normalized spacial score (nSPS) is 11.8. The Balaban J connectivity index is 0.000000317. The van der Waals surface area contributed by atoms with E-state index >= 15 is 0 Å². The van der Waals surface area contributed by atoms with Crippen LogP contribution in [0.2, 0.25) is 5.02 Å². The minimum Gasteiger partial charge on any atom is -0.755 e. The number of sulfonamides is 1. The molecule has 10 aromatic rings. The van der Waals surface area contributed by atoms with Gasteiger partial charge < -0.3 is 61.5 Å². The van der Waals surface area contributed by atoms with Crippen molar-refractivity contribution in [3.05, 3.63) is 230 Å². The van der Waals surface area contributed by atoms with Crippen molar-refractivity contribution in [3.63, 3.8) is 0 Å². The summed E-state index contributed by atoms with van der Waals surface area (Å²) in [7, 11) is -7.92. The molecule has 0 bridgehead atoms. The van der Waals surface area contributed by atoms with E-state index in [1.807, 2.05) is 139 Å². The monoisotopic (exact) mass is 1880 g/mol. The van der Waals surface area contributed by atoms with Gasteiger partial charge in [0, 0.05) is 179 Å². The SMILES string of the molecule is C.CCN(CC)c1ccc2c(-c3ccc(S(=O)(=O)NCCOCCOCCOCCOCCC(=O)NCCCC(=O)CCc4cc(-c5ccc(C)cc5)n(-c5ccc(NS(=O)[O-])cc5)n4)cc3S(=O)(=O)[O-])c3ccc(=[N+](CC)CC)cc-3oc2c1.CCN(CC)c1ccc2cc(C(=O)CCCCCC(=O)Cc3c(C)n(C(=O)c4ccc(Cl)cc4)c4ccc(OC)cc34)c(=O)oc2c1. The van der Waals surface area contributed by atoms with Gasteiger partial charge in [0.15, 0.2) is 5.78 Å². The predicted molar refractivity (Wildman–Crippen MR) is 514 cm³/mol. The molecule has 0 spiro atoms. The number of rotatable bonds is 49. The van der Waals surface area contributed by atoms with E-state index in [2.05, 4.69) is 43.0 Å². The molecule has 2 aliphatic rings. The average Bonchev–Trinajstić information content (AvgIpc) is 1.69. The molecule has 3 N–H and O–H groups in total. The van der Waals surface area contributed by atoms with Gasteiger partial charge in [0.2, 0.25) is 21.3 Å². The molecule has 12 rings (SSSR count). The summed E-state index contributed by atoms with van der Waals surface area (Å²) < 4.78 is 138. The number of methoxy groups -OCH3 is 1. The first-order valence-electron chi connectivity index (χ1n) is 44.1. The van der Waals surface area contributed by atoms with Crippen LogP contribution in [0.1, 0.15) is 150 Å². The summed E-state index contributed by atoms with van der Waals surface area (Å²) in [4.78, 5) is 80.7. The number of carbonyl (C=O) groups excluding carboxylic acids is 5. The van der Waals surface area contributed by atoms with Gasteiger partial charge in [-0.1, -0.05) is 61.3 Å². The molecule has 1 amide bonds. The van der Waals surface area contributed by atoms with E-state index in [-0.39, 0.29) is 133 Å². The van der Waals surface area contributed by atoms with Crippen LogP contribution in [0.5, 0.6) is 5.75 Å². The largest absolute Gasteiger partial charge is 0.755 e. The summed E-state index contributed by atoms with van der Waals surface area (Å²) >= 11 is 3.59. The number of hydrogen-bond donors (Lipinski definition) is 3. The Morgan fingerprint density at radius 2 is 1.23 bits per heavy atom. The molecule has 704 valence electrons. The van der Waals surface area contributed by atoms with Crippen LogP contribution in [-0.4, -0.2) is 186 Å². The number of anilines is 3. The standard InChI is InChI=1S/C60H75N7O14S3.C38H39ClN2O6.CH4/c1-6-65(7-2)48-21-25-52-56(40-48)81-57-41-49(66(8-3)9-4)22-26-53(57)60(52)54-27-24-51(42-58(54)84(74,75)76)83(72,73)62-30-32-78-34-36-80-38-37-79-35-33-77-31-28-59(69)61-29-10-11-50(68)23-18-46-39-55(44-14-12-43(5)13-15-44)67(63-46)47-19-16-45(17-20-47)64-82(70)71;1-5-40(6-2)28-17-14-26-20-33(38(45)47-36(26)21-28)35(43)11-9-7-8-10-29(42)22-31-24(3)41(34-19-18-30(46-4)23-32(31)34)37(44)25-12-15-27(39)16-13-25;/h12-17,19-22,24-27,39-42,62,64H,6-11,18,23,28-38H2,1-5H3,(H2-,61,69,70,71,74,75,76);12-21,23H,5-11,22H2,1-4H3;1H4/p-1. The second kappa shape index (κ2) is 49.4. The Morgan fingerprint density at radius 3 is 1.88 bits per heavy atom. The number of ketones is 3. The number of Topliss-reactive ketones (excluding diaryl/α,β-unsaturated/α-hetero) is 3. The molecular weight excluding hydrogens is 1770 g/mol. The highest BCUT2D eigenvalue weighted by atomic mass is 35.5. The van der Waals surface area contributed by atoms with E-state index in [1.54, 1.807) is 77.0 Å². The first kappa shape index (κ1) is 103. The number of aryl methyl sites for hydroxylation is 2. The number of unbranched alkanes of at least 4 members (excludes halogenated alkanes) is 2. The van der Waals surface area contributed by atoms with Crippen LogP contribution < -0.4 is 44.9 Å². The number of nitrogens with zero attached hydrogens (tertiary/aromatic N) is 6. The summed E-state index contributed by atoms with van der Waals surface area (Å²) in [5.41, 5.74) is 10.7. The van der Waals surface area contributed by atoms with Gasteiger partial charge in [0.25, 0.3) is 5.91 Å². The molecular formula is C99H117ClN9O20S3-. The Kier molecular flexibility index (Phi) is 38.4. The van der Waals surface area contributed by atoms with E-state index < -0.39 is 46.8 Å². The lowest BCUT2D eigenvalue weighted by atomic mass is 9.93. The highest BCUT2D eigenvalue weighted by Crippen LogP contribution is 2.44. The molecule has 3 aromatic heterocycles. The van der Waals surface area contributed by atoms with Crippen molar-refractivity contribution in [2.75, 3.05) is 127 Å². The van der Waals surface area contributed by atoms with Crippen LogP contribution >= 0.6 is 11.6 Å².